The van der Waals surface area contributed by atoms with Crippen molar-refractivity contribution in [2.75, 3.05) is 0 Å². The number of benzene rings is 1. The van der Waals surface area contributed by atoms with Gasteiger partial charge >= 0.3 is 0 Å². The Morgan fingerprint density at radius 3 is 2.80 bits per heavy atom. The summed E-state index contributed by atoms with van der Waals surface area (Å²) in [7, 11) is 0. The lowest BCUT2D eigenvalue weighted by Gasteiger charge is -2.04. The second kappa shape index (κ2) is 6.40. The molecule has 1 aromatic carbocycles. The quantitative estimate of drug-likeness (QED) is 0.524. The van der Waals surface area contributed by atoms with Crippen LogP contribution < -0.4 is 0 Å². The molecule has 0 atom stereocenters. The van der Waals surface area contributed by atoms with Gasteiger partial charge in [-0.2, -0.15) is 20.0 Å². The first-order valence-electron chi connectivity index (χ1n) is 7.78. The molecule has 1 N–H and O–H groups in total. The van der Waals surface area contributed by atoms with Crippen molar-refractivity contribution in [2.24, 2.45) is 5.10 Å². The SMILES string of the molecule is Cc1nn(-c2ccccc2Cl)c(Cl)c1/C=N\n1c(C2CC2)n[nH]c1=S. The van der Waals surface area contributed by atoms with Crippen LogP contribution >= 0.6 is 35.4 Å². The molecule has 0 radical (unpaired) electrons. The molecule has 0 spiro atoms. The number of halogens is 2. The Morgan fingerprint density at radius 1 is 1.32 bits per heavy atom. The third-order valence-corrected chi connectivity index (χ3v) is 5.00. The van der Waals surface area contributed by atoms with E-state index in [2.05, 4.69) is 20.4 Å². The van der Waals surface area contributed by atoms with E-state index in [1.165, 1.54) is 0 Å². The average molecular weight is 393 g/mol. The highest BCUT2D eigenvalue weighted by Crippen LogP contribution is 2.38. The van der Waals surface area contributed by atoms with E-state index in [4.69, 9.17) is 35.4 Å². The van der Waals surface area contributed by atoms with Gasteiger partial charge in [0, 0.05) is 5.92 Å². The maximum absolute atomic E-state index is 6.52. The zero-order chi connectivity index (χ0) is 17.6. The number of hydrogen-bond donors (Lipinski definition) is 1. The largest absolute Gasteiger partial charge is 0.250 e. The van der Waals surface area contributed by atoms with Crippen LogP contribution in [0.3, 0.4) is 0 Å². The van der Waals surface area contributed by atoms with Gasteiger partial charge in [0.05, 0.1) is 28.2 Å². The minimum absolute atomic E-state index is 0.424. The number of para-hydroxylation sites is 1. The Labute approximate surface area is 159 Å². The van der Waals surface area contributed by atoms with Gasteiger partial charge in [-0.05, 0) is 44.1 Å². The second-order valence-corrected chi connectivity index (χ2v) is 7.02. The molecule has 0 bridgehead atoms. The normalized spacial score (nSPS) is 14.5. The number of aromatic nitrogens is 5. The van der Waals surface area contributed by atoms with Crippen molar-refractivity contribution >= 4 is 41.6 Å². The molecule has 0 saturated heterocycles. The van der Waals surface area contributed by atoms with Crippen LogP contribution in [0.5, 0.6) is 0 Å². The molecule has 128 valence electrons. The molecule has 25 heavy (non-hydrogen) atoms. The van der Waals surface area contributed by atoms with Gasteiger partial charge in [0.1, 0.15) is 5.15 Å². The second-order valence-electron chi connectivity index (χ2n) is 5.87. The van der Waals surface area contributed by atoms with Crippen molar-refractivity contribution in [1.82, 2.24) is 24.7 Å². The van der Waals surface area contributed by atoms with Gasteiger partial charge in [-0.3, -0.25) is 5.10 Å². The summed E-state index contributed by atoms with van der Waals surface area (Å²) >= 11 is 18.0. The molecule has 1 saturated carbocycles. The lowest BCUT2D eigenvalue weighted by Crippen LogP contribution is -1.98. The predicted octanol–water partition coefficient (Wildman–Crippen LogP) is 4.50. The van der Waals surface area contributed by atoms with E-state index in [-0.39, 0.29) is 0 Å². The molecule has 0 unspecified atom stereocenters. The molecule has 0 aliphatic heterocycles. The number of rotatable bonds is 4. The Kier molecular flexibility index (Phi) is 4.23. The fourth-order valence-electron chi connectivity index (χ4n) is 2.58. The fourth-order valence-corrected chi connectivity index (χ4v) is 3.29. The molecule has 3 aromatic rings. The summed E-state index contributed by atoms with van der Waals surface area (Å²) in [6.45, 7) is 1.87. The highest BCUT2D eigenvalue weighted by Gasteiger charge is 2.29. The summed E-state index contributed by atoms with van der Waals surface area (Å²) in [6, 6.07) is 7.40. The summed E-state index contributed by atoms with van der Waals surface area (Å²) in [6.07, 6.45) is 3.88. The van der Waals surface area contributed by atoms with Gasteiger partial charge in [0.15, 0.2) is 5.82 Å². The van der Waals surface area contributed by atoms with Gasteiger partial charge in [0.25, 0.3) is 0 Å². The number of aryl methyl sites for hydroxylation is 1. The van der Waals surface area contributed by atoms with Crippen LogP contribution in [0.2, 0.25) is 10.2 Å². The van der Waals surface area contributed by atoms with E-state index in [1.54, 1.807) is 21.6 Å². The van der Waals surface area contributed by atoms with E-state index in [9.17, 15) is 0 Å². The van der Waals surface area contributed by atoms with Crippen molar-refractivity contribution in [3.8, 4) is 5.69 Å². The molecule has 9 heteroatoms. The summed E-state index contributed by atoms with van der Waals surface area (Å²) < 4.78 is 3.72. The maximum Gasteiger partial charge on any atom is 0.216 e. The number of hydrogen-bond acceptors (Lipinski definition) is 4. The Hall–Kier alpha value is -1.96. The van der Waals surface area contributed by atoms with Gasteiger partial charge in [0.2, 0.25) is 4.77 Å². The highest BCUT2D eigenvalue weighted by atomic mass is 35.5. The number of aromatic amines is 1. The van der Waals surface area contributed by atoms with Gasteiger partial charge in [-0.15, -0.1) is 0 Å². The zero-order valence-electron chi connectivity index (χ0n) is 13.3. The van der Waals surface area contributed by atoms with Gasteiger partial charge < -0.3 is 0 Å². The van der Waals surface area contributed by atoms with Crippen LogP contribution in [-0.2, 0) is 0 Å². The Morgan fingerprint density at radius 2 is 2.08 bits per heavy atom. The van der Waals surface area contributed by atoms with Crippen molar-refractivity contribution in [3.05, 3.63) is 56.3 Å². The van der Waals surface area contributed by atoms with E-state index < -0.39 is 0 Å². The van der Waals surface area contributed by atoms with Gasteiger partial charge in [-0.1, -0.05) is 35.3 Å². The summed E-state index contributed by atoms with van der Waals surface area (Å²) in [5.41, 5.74) is 2.18. The lowest BCUT2D eigenvalue weighted by atomic mass is 10.3. The Balaban J connectivity index is 1.74. The first-order valence-corrected chi connectivity index (χ1v) is 8.94. The fraction of sp³-hybridized carbons (Fsp3) is 0.250. The van der Waals surface area contributed by atoms with Crippen LogP contribution in [0.4, 0.5) is 0 Å². The van der Waals surface area contributed by atoms with Crippen molar-refractivity contribution in [2.45, 2.75) is 25.7 Å². The molecule has 0 amide bonds. The minimum atomic E-state index is 0.424. The third kappa shape index (κ3) is 3.03. The zero-order valence-corrected chi connectivity index (χ0v) is 15.6. The highest BCUT2D eigenvalue weighted by molar-refractivity contribution is 7.71. The maximum atomic E-state index is 6.52. The first-order chi connectivity index (χ1) is 12.1. The molecule has 1 fully saturated rings. The first kappa shape index (κ1) is 16.5. The molecule has 1 aliphatic carbocycles. The number of nitrogens with zero attached hydrogens (tertiary/aromatic N) is 5. The van der Waals surface area contributed by atoms with E-state index in [1.807, 2.05) is 25.1 Å². The predicted molar refractivity (Wildman–Crippen MR) is 101 cm³/mol. The molecule has 1 aliphatic rings. The van der Waals surface area contributed by atoms with Crippen LogP contribution in [0.15, 0.2) is 29.4 Å². The van der Waals surface area contributed by atoms with Crippen LogP contribution in [0.1, 0.15) is 35.8 Å². The number of nitrogens with one attached hydrogen (secondary N) is 1. The van der Waals surface area contributed by atoms with Crippen molar-refractivity contribution < 1.29 is 0 Å². The summed E-state index contributed by atoms with van der Waals surface area (Å²) in [4.78, 5) is 0. The monoisotopic (exact) mass is 392 g/mol. The standard InChI is InChI=1S/C16H14Cl2N6S/c1-9-11(8-19-24-15(10-6-7-10)20-21-16(24)25)14(18)23(22-9)13-5-3-2-4-12(13)17/h2-5,8,10H,6-7H2,1H3,(H,21,25)/b19-8-. The third-order valence-electron chi connectivity index (χ3n) is 4.05. The van der Waals surface area contributed by atoms with Crippen LogP contribution in [-0.4, -0.2) is 30.9 Å². The van der Waals surface area contributed by atoms with Gasteiger partial charge in [-0.25, -0.2) is 4.68 Å². The van der Waals surface area contributed by atoms with Crippen molar-refractivity contribution in [3.63, 3.8) is 0 Å². The number of H-pyrrole nitrogens is 1. The van der Waals surface area contributed by atoms with E-state index in [0.29, 0.717) is 26.4 Å². The molecule has 2 heterocycles. The summed E-state index contributed by atoms with van der Waals surface area (Å²) in [5, 5.41) is 17.0. The minimum Gasteiger partial charge on any atom is -0.250 e. The molecular formula is C16H14Cl2N6S. The molecule has 4 rings (SSSR count). The van der Waals surface area contributed by atoms with E-state index in [0.717, 1.165) is 30.0 Å². The molecule has 2 aromatic heterocycles. The lowest BCUT2D eigenvalue weighted by molar-refractivity contribution is 0.772. The molecule has 6 nitrogen and oxygen atoms in total. The molecular weight excluding hydrogens is 379 g/mol. The van der Waals surface area contributed by atoms with Crippen LogP contribution in [0.25, 0.3) is 5.69 Å². The summed E-state index contributed by atoms with van der Waals surface area (Å²) in [5.74, 6) is 1.28. The van der Waals surface area contributed by atoms with E-state index >= 15 is 0 Å². The smallest absolute Gasteiger partial charge is 0.216 e. The van der Waals surface area contributed by atoms with Crippen molar-refractivity contribution in [1.29, 1.82) is 0 Å². The topological polar surface area (TPSA) is 63.8 Å². The van der Waals surface area contributed by atoms with Crippen LogP contribution in [0, 0.1) is 11.7 Å². The average Bonchev–Trinajstić information content (AvgIpc) is 3.31. The Bertz CT molecular complexity index is 1030.